The number of anilines is 1. The van der Waals surface area contributed by atoms with Crippen molar-refractivity contribution < 1.29 is 19.1 Å². The Morgan fingerprint density at radius 1 is 1.43 bits per heavy atom. The summed E-state index contributed by atoms with van der Waals surface area (Å²) in [7, 11) is 1.61. The minimum absolute atomic E-state index is 0.0663. The van der Waals surface area contributed by atoms with E-state index in [9.17, 15) is 5.11 Å². The highest BCUT2D eigenvalue weighted by atomic mass is 16.5. The molecule has 1 fully saturated rings. The lowest BCUT2D eigenvalue weighted by Gasteiger charge is -2.39. The van der Waals surface area contributed by atoms with Crippen molar-refractivity contribution in [2.75, 3.05) is 38.8 Å². The fourth-order valence-electron chi connectivity index (χ4n) is 2.08. The van der Waals surface area contributed by atoms with Gasteiger partial charge in [0, 0.05) is 12.1 Å². The molecule has 1 aliphatic heterocycles. The van der Waals surface area contributed by atoms with E-state index in [1.807, 2.05) is 24.3 Å². The van der Waals surface area contributed by atoms with E-state index in [2.05, 4.69) is 15.5 Å². The Bertz CT molecular complexity index is 604. The van der Waals surface area contributed by atoms with Crippen LogP contribution in [0, 0.1) is 5.41 Å². The molecule has 1 aromatic heterocycles. The van der Waals surface area contributed by atoms with Gasteiger partial charge in [-0.1, -0.05) is 17.3 Å². The van der Waals surface area contributed by atoms with Crippen LogP contribution in [-0.2, 0) is 4.74 Å². The Kier molecular flexibility index (Phi) is 3.76. The van der Waals surface area contributed by atoms with Crippen molar-refractivity contribution in [3.8, 4) is 17.1 Å². The smallest absolute Gasteiger partial charge is 0.321 e. The van der Waals surface area contributed by atoms with E-state index >= 15 is 0 Å². The SMILES string of the molecule is COc1cccc(-c2noc(NCC3(CO)COC3)n2)c1. The minimum atomic E-state index is -0.245. The van der Waals surface area contributed by atoms with Crippen molar-refractivity contribution >= 4 is 6.01 Å². The molecule has 0 saturated carbocycles. The number of ether oxygens (including phenoxy) is 2. The van der Waals surface area contributed by atoms with Gasteiger partial charge < -0.3 is 24.4 Å². The molecule has 0 aliphatic carbocycles. The second-order valence-electron chi connectivity index (χ2n) is 5.16. The molecule has 112 valence electrons. The van der Waals surface area contributed by atoms with Crippen LogP contribution in [-0.4, -0.2) is 48.7 Å². The van der Waals surface area contributed by atoms with Gasteiger partial charge in [-0.25, -0.2) is 0 Å². The molecule has 1 aliphatic rings. The molecular formula is C14H17N3O4. The van der Waals surface area contributed by atoms with Crippen LogP contribution in [0.4, 0.5) is 6.01 Å². The molecule has 0 radical (unpaired) electrons. The van der Waals surface area contributed by atoms with E-state index < -0.39 is 0 Å². The van der Waals surface area contributed by atoms with E-state index in [1.54, 1.807) is 7.11 Å². The van der Waals surface area contributed by atoms with Gasteiger partial charge in [-0.3, -0.25) is 0 Å². The highest BCUT2D eigenvalue weighted by Gasteiger charge is 2.38. The zero-order valence-corrected chi connectivity index (χ0v) is 11.7. The van der Waals surface area contributed by atoms with Gasteiger partial charge in [-0.15, -0.1) is 0 Å². The van der Waals surface area contributed by atoms with Crippen molar-refractivity contribution in [1.82, 2.24) is 10.1 Å². The molecule has 0 bridgehead atoms. The van der Waals surface area contributed by atoms with Gasteiger partial charge in [-0.2, -0.15) is 4.98 Å². The third-order valence-electron chi connectivity index (χ3n) is 3.52. The summed E-state index contributed by atoms with van der Waals surface area (Å²) in [6.07, 6.45) is 0. The largest absolute Gasteiger partial charge is 0.497 e. The lowest BCUT2D eigenvalue weighted by Crippen LogP contribution is -2.50. The molecule has 2 heterocycles. The van der Waals surface area contributed by atoms with Crippen LogP contribution in [0.3, 0.4) is 0 Å². The van der Waals surface area contributed by atoms with Crippen LogP contribution in [0.2, 0.25) is 0 Å². The quantitative estimate of drug-likeness (QED) is 0.825. The third kappa shape index (κ3) is 2.84. The summed E-state index contributed by atoms with van der Waals surface area (Å²) < 4.78 is 15.5. The number of aliphatic hydroxyl groups is 1. The van der Waals surface area contributed by atoms with Crippen LogP contribution in [0.1, 0.15) is 0 Å². The van der Waals surface area contributed by atoms with Gasteiger partial charge in [0.05, 0.1) is 32.3 Å². The normalized spacial score (nSPS) is 16.3. The van der Waals surface area contributed by atoms with Crippen LogP contribution in [0.15, 0.2) is 28.8 Å². The van der Waals surface area contributed by atoms with Gasteiger partial charge in [0.15, 0.2) is 0 Å². The fourth-order valence-corrected chi connectivity index (χ4v) is 2.08. The number of rotatable bonds is 6. The molecular weight excluding hydrogens is 274 g/mol. The monoisotopic (exact) mass is 291 g/mol. The maximum atomic E-state index is 9.35. The van der Waals surface area contributed by atoms with Crippen LogP contribution in [0.5, 0.6) is 5.75 Å². The Hall–Kier alpha value is -2.12. The molecule has 3 rings (SSSR count). The predicted molar refractivity (Wildman–Crippen MR) is 75.1 cm³/mol. The summed E-state index contributed by atoms with van der Waals surface area (Å²) in [6.45, 7) is 1.67. The van der Waals surface area contributed by atoms with Gasteiger partial charge >= 0.3 is 6.01 Å². The lowest BCUT2D eigenvalue weighted by atomic mass is 9.87. The number of methoxy groups -OCH3 is 1. The summed E-state index contributed by atoms with van der Waals surface area (Å²) in [4.78, 5) is 4.28. The maximum absolute atomic E-state index is 9.35. The van der Waals surface area contributed by atoms with E-state index in [4.69, 9.17) is 14.0 Å². The fraction of sp³-hybridized carbons (Fsp3) is 0.429. The summed E-state index contributed by atoms with van der Waals surface area (Å²) >= 11 is 0. The topological polar surface area (TPSA) is 89.6 Å². The summed E-state index contributed by atoms with van der Waals surface area (Å²) in [5.41, 5.74) is 0.569. The summed E-state index contributed by atoms with van der Waals surface area (Å²) in [6, 6.07) is 7.76. The molecule has 2 N–H and O–H groups in total. The Labute approximate surface area is 121 Å². The number of aromatic nitrogens is 2. The first-order valence-corrected chi connectivity index (χ1v) is 6.65. The molecule has 7 heteroatoms. The molecule has 21 heavy (non-hydrogen) atoms. The zero-order valence-electron chi connectivity index (χ0n) is 11.7. The van der Waals surface area contributed by atoms with E-state index in [0.29, 0.717) is 31.6 Å². The molecule has 0 amide bonds. The zero-order chi connectivity index (χ0) is 14.7. The molecule has 0 atom stereocenters. The second kappa shape index (κ2) is 5.71. The van der Waals surface area contributed by atoms with E-state index in [1.165, 1.54) is 0 Å². The van der Waals surface area contributed by atoms with Crippen LogP contribution < -0.4 is 10.1 Å². The highest BCUT2D eigenvalue weighted by molar-refractivity contribution is 5.57. The third-order valence-corrected chi connectivity index (χ3v) is 3.52. The molecule has 7 nitrogen and oxygen atoms in total. The summed E-state index contributed by atoms with van der Waals surface area (Å²) in [5, 5.41) is 16.3. The maximum Gasteiger partial charge on any atom is 0.321 e. The van der Waals surface area contributed by atoms with Crippen LogP contribution >= 0.6 is 0 Å². The molecule has 0 spiro atoms. The number of hydrogen-bond acceptors (Lipinski definition) is 7. The number of hydrogen-bond donors (Lipinski definition) is 2. The average molecular weight is 291 g/mol. The van der Waals surface area contributed by atoms with Crippen molar-refractivity contribution in [3.63, 3.8) is 0 Å². The van der Waals surface area contributed by atoms with Gasteiger partial charge in [0.25, 0.3) is 0 Å². The van der Waals surface area contributed by atoms with Crippen molar-refractivity contribution in [1.29, 1.82) is 0 Å². The standard InChI is InChI=1S/C14H17N3O4/c1-19-11-4-2-3-10(5-11)12-16-13(21-17-12)15-6-14(7-18)8-20-9-14/h2-5,18H,6-9H2,1H3,(H,15,16,17). The lowest BCUT2D eigenvalue weighted by molar-refractivity contribution is -0.128. The van der Waals surface area contributed by atoms with E-state index in [0.717, 1.165) is 11.3 Å². The number of aliphatic hydroxyl groups excluding tert-OH is 1. The second-order valence-corrected chi connectivity index (χ2v) is 5.16. The first kappa shape index (κ1) is 13.8. The van der Waals surface area contributed by atoms with Gasteiger partial charge in [0.2, 0.25) is 5.82 Å². The minimum Gasteiger partial charge on any atom is -0.497 e. The van der Waals surface area contributed by atoms with Crippen LogP contribution in [0.25, 0.3) is 11.4 Å². The number of nitrogens with one attached hydrogen (secondary N) is 1. The molecule has 0 unspecified atom stereocenters. The highest BCUT2D eigenvalue weighted by Crippen LogP contribution is 2.27. The Morgan fingerprint density at radius 2 is 2.29 bits per heavy atom. The molecule has 1 aromatic carbocycles. The van der Waals surface area contributed by atoms with Gasteiger partial charge in [-0.05, 0) is 12.1 Å². The number of benzene rings is 1. The Balaban J connectivity index is 1.68. The van der Waals surface area contributed by atoms with Gasteiger partial charge in [0.1, 0.15) is 5.75 Å². The van der Waals surface area contributed by atoms with E-state index in [-0.39, 0.29) is 12.0 Å². The molecule has 1 saturated heterocycles. The van der Waals surface area contributed by atoms with Crippen molar-refractivity contribution in [2.45, 2.75) is 0 Å². The first-order valence-electron chi connectivity index (χ1n) is 6.65. The Morgan fingerprint density at radius 3 is 2.95 bits per heavy atom. The van der Waals surface area contributed by atoms with Crippen molar-refractivity contribution in [3.05, 3.63) is 24.3 Å². The first-order chi connectivity index (χ1) is 10.2. The van der Waals surface area contributed by atoms with Crippen molar-refractivity contribution in [2.24, 2.45) is 5.41 Å². The summed E-state index contributed by atoms with van der Waals surface area (Å²) in [5.74, 6) is 1.22. The average Bonchev–Trinajstić information content (AvgIpc) is 2.96. The molecule has 2 aromatic rings. The predicted octanol–water partition coefficient (Wildman–Crippen LogP) is 1.17. The number of nitrogens with zero attached hydrogens (tertiary/aromatic N) is 2.